The molecule has 0 atom stereocenters. The molecule has 112 valence electrons. The molecule has 1 aliphatic rings. The third-order valence-electron chi connectivity index (χ3n) is 3.87. The normalized spacial score (nSPS) is 12.8. The van der Waals surface area contributed by atoms with E-state index in [0.717, 1.165) is 19.4 Å². The summed E-state index contributed by atoms with van der Waals surface area (Å²) in [5, 5.41) is 3.57. The molecule has 0 saturated heterocycles. The summed E-state index contributed by atoms with van der Waals surface area (Å²) in [7, 11) is 0. The Hall–Kier alpha value is -2.13. The Morgan fingerprint density at radius 1 is 0.955 bits per heavy atom. The van der Waals surface area contributed by atoms with E-state index in [1.54, 1.807) is 36.4 Å². The fourth-order valence-electron chi connectivity index (χ4n) is 2.73. The molecule has 2 aromatic rings. The summed E-state index contributed by atoms with van der Waals surface area (Å²) in [6, 6.07) is 10.3. The number of carbonyl (C=O) groups excluding carboxylic acids is 2. The van der Waals surface area contributed by atoms with E-state index in [1.807, 2.05) is 0 Å². The third-order valence-corrected chi connectivity index (χ3v) is 4.19. The summed E-state index contributed by atoms with van der Waals surface area (Å²) in [4.78, 5) is 25.5. The van der Waals surface area contributed by atoms with E-state index in [4.69, 9.17) is 11.6 Å². The van der Waals surface area contributed by atoms with Gasteiger partial charge in [-0.2, -0.15) is 0 Å². The number of hydrogen-bond donors (Lipinski definition) is 1. The smallest absolute Gasteiger partial charge is 0.196 e. The zero-order valence-corrected chi connectivity index (χ0v) is 13.0. The van der Waals surface area contributed by atoms with E-state index in [0.29, 0.717) is 33.0 Å². The molecule has 0 amide bonds. The van der Waals surface area contributed by atoms with Crippen LogP contribution in [0.2, 0.25) is 5.02 Å². The lowest BCUT2D eigenvalue weighted by molar-refractivity contribution is 0.0979. The van der Waals surface area contributed by atoms with Gasteiger partial charge in [-0.3, -0.25) is 9.59 Å². The van der Waals surface area contributed by atoms with Crippen molar-refractivity contribution in [2.24, 2.45) is 0 Å². The first kappa shape index (κ1) is 14.8. The maximum atomic E-state index is 12.8. The summed E-state index contributed by atoms with van der Waals surface area (Å²) in [5.74, 6) is -0.332. The van der Waals surface area contributed by atoms with Crippen LogP contribution in [0.4, 0.5) is 5.69 Å². The number of benzene rings is 2. The molecular weight excluding hydrogens is 298 g/mol. The number of fused-ring (bicyclic) bond motifs is 2. The monoisotopic (exact) mass is 313 g/mol. The van der Waals surface area contributed by atoms with Gasteiger partial charge in [0.05, 0.1) is 16.1 Å². The van der Waals surface area contributed by atoms with Crippen molar-refractivity contribution in [1.29, 1.82) is 0 Å². The van der Waals surface area contributed by atoms with Gasteiger partial charge in [0.2, 0.25) is 0 Å². The van der Waals surface area contributed by atoms with Crippen LogP contribution in [0.3, 0.4) is 0 Å². The lowest BCUT2D eigenvalue weighted by Crippen LogP contribution is -2.23. The van der Waals surface area contributed by atoms with Gasteiger partial charge < -0.3 is 5.32 Å². The average Bonchev–Trinajstić information content (AvgIpc) is 2.54. The predicted octanol–water partition coefficient (Wildman–Crippen LogP) is 4.33. The van der Waals surface area contributed by atoms with Gasteiger partial charge in [-0.1, -0.05) is 49.2 Å². The minimum atomic E-state index is -0.186. The number of ketones is 2. The van der Waals surface area contributed by atoms with E-state index >= 15 is 0 Å². The second-order valence-electron chi connectivity index (χ2n) is 5.33. The minimum Gasteiger partial charge on any atom is -0.384 e. The van der Waals surface area contributed by atoms with Gasteiger partial charge in [-0.25, -0.2) is 0 Å². The van der Waals surface area contributed by atoms with Gasteiger partial charge >= 0.3 is 0 Å². The van der Waals surface area contributed by atoms with Crippen LogP contribution in [0.15, 0.2) is 36.4 Å². The largest absolute Gasteiger partial charge is 0.384 e. The zero-order chi connectivity index (χ0) is 15.7. The highest BCUT2D eigenvalue weighted by Gasteiger charge is 2.33. The molecule has 0 unspecified atom stereocenters. The van der Waals surface area contributed by atoms with Gasteiger partial charge in [0.25, 0.3) is 0 Å². The summed E-state index contributed by atoms with van der Waals surface area (Å²) >= 11 is 6.20. The highest BCUT2D eigenvalue weighted by atomic mass is 35.5. The maximum Gasteiger partial charge on any atom is 0.196 e. The Kier molecular flexibility index (Phi) is 3.99. The van der Waals surface area contributed by atoms with Gasteiger partial charge in [0.15, 0.2) is 11.6 Å². The standard InChI is InChI=1S/C18H16ClNO2/c1-2-3-10-20-14-9-8-13(19)15-16(14)18(22)12-7-5-4-6-11(12)17(15)21/h4-9,20H,2-3,10H2,1H3. The lowest BCUT2D eigenvalue weighted by atomic mass is 9.83. The third kappa shape index (κ3) is 2.32. The van der Waals surface area contributed by atoms with Crippen LogP contribution < -0.4 is 5.32 Å². The van der Waals surface area contributed by atoms with Crippen molar-refractivity contribution in [3.63, 3.8) is 0 Å². The van der Waals surface area contributed by atoms with Crippen molar-refractivity contribution in [2.45, 2.75) is 19.8 Å². The fourth-order valence-corrected chi connectivity index (χ4v) is 2.97. The second-order valence-corrected chi connectivity index (χ2v) is 5.74. The number of hydrogen-bond acceptors (Lipinski definition) is 3. The van der Waals surface area contributed by atoms with Gasteiger partial charge in [0.1, 0.15) is 0 Å². The van der Waals surface area contributed by atoms with E-state index < -0.39 is 0 Å². The molecule has 0 aliphatic heterocycles. The quantitative estimate of drug-likeness (QED) is 0.729. The number of rotatable bonds is 4. The van der Waals surface area contributed by atoms with Crippen molar-refractivity contribution in [3.8, 4) is 0 Å². The first-order valence-corrected chi connectivity index (χ1v) is 7.77. The molecule has 1 N–H and O–H groups in total. The van der Waals surface area contributed by atoms with E-state index in [1.165, 1.54) is 0 Å². The van der Waals surface area contributed by atoms with E-state index in [9.17, 15) is 9.59 Å². The first-order chi connectivity index (χ1) is 10.6. The molecule has 0 spiro atoms. The summed E-state index contributed by atoms with van der Waals surface area (Å²) in [5.41, 5.74) is 2.26. The van der Waals surface area contributed by atoms with E-state index in [-0.39, 0.29) is 11.6 Å². The molecule has 1 aliphatic carbocycles. The van der Waals surface area contributed by atoms with Crippen LogP contribution in [0, 0.1) is 0 Å². The number of carbonyl (C=O) groups is 2. The number of unbranched alkanes of at least 4 members (excludes halogenated alkanes) is 1. The van der Waals surface area contributed by atoms with Crippen LogP contribution in [-0.4, -0.2) is 18.1 Å². The average molecular weight is 314 g/mol. The lowest BCUT2D eigenvalue weighted by Gasteiger charge is -2.21. The highest BCUT2D eigenvalue weighted by Crippen LogP contribution is 2.36. The molecule has 4 heteroatoms. The predicted molar refractivity (Wildman–Crippen MR) is 88.2 cm³/mol. The minimum absolute atomic E-state index is 0.147. The molecular formula is C18H16ClNO2. The van der Waals surface area contributed by atoms with Gasteiger partial charge in [-0.05, 0) is 18.6 Å². The van der Waals surface area contributed by atoms with Crippen LogP contribution in [0.25, 0.3) is 0 Å². The SMILES string of the molecule is CCCCNc1ccc(Cl)c2c1C(=O)c1ccccc1C2=O. The summed E-state index contributed by atoms with van der Waals surface area (Å²) < 4.78 is 0. The topological polar surface area (TPSA) is 46.2 Å². The molecule has 3 rings (SSSR count). The Bertz CT molecular complexity index is 768. The molecule has 2 aromatic carbocycles. The van der Waals surface area contributed by atoms with Crippen molar-refractivity contribution in [2.75, 3.05) is 11.9 Å². The van der Waals surface area contributed by atoms with Crippen LogP contribution in [-0.2, 0) is 0 Å². The molecule has 0 aromatic heterocycles. The molecule has 0 bridgehead atoms. The van der Waals surface area contributed by atoms with Crippen LogP contribution >= 0.6 is 11.6 Å². The number of nitrogens with one attached hydrogen (secondary N) is 1. The Morgan fingerprint density at radius 3 is 2.23 bits per heavy atom. The Labute approximate surface area is 134 Å². The summed E-state index contributed by atoms with van der Waals surface area (Å²) in [6.07, 6.45) is 2.05. The van der Waals surface area contributed by atoms with Crippen molar-refractivity contribution in [1.82, 2.24) is 0 Å². The fraction of sp³-hybridized carbons (Fsp3) is 0.222. The molecule has 0 heterocycles. The molecule has 0 saturated carbocycles. The number of halogens is 1. The Balaban J connectivity index is 2.14. The molecule has 0 fully saturated rings. The van der Waals surface area contributed by atoms with E-state index in [2.05, 4.69) is 12.2 Å². The summed E-state index contributed by atoms with van der Waals surface area (Å²) in [6.45, 7) is 2.86. The Morgan fingerprint density at radius 2 is 1.59 bits per heavy atom. The second kappa shape index (κ2) is 5.93. The highest BCUT2D eigenvalue weighted by molar-refractivity contribution is 6.39. The van der Waals surface area contributed by atoms with Gasteiger partial charge in [0, 0.05) is 23.4 Å². The zero-order valence-electron chi connectivity index (χ0n) is 12.3. The molecule has 3 nitrogen and oxygen atoms in total. The van der Waals surface area contributed by atoms with Crippen molar-refractivity contribution >= 4 is 28.9 Å². The molecule has 0 radical (unpaired) electrons. The maximum absolute atomic E-state index is 12.8. The van der Waals surface area contributed by atoms with Crippen molar-refractivity contribution < 1.29 is 9.59 Å². The van der Waals surface area contributed by atoms with Crippen LogP contribution in [0.5, 0.6) is 0 Å². The molecule has 22 heavy (non-hydrogen) atoms. The van der Waals surface area contributed by atoms with Crippen LogP contribution in [0.1, 0.15) is 51.6 Å². The number of anilines is 1. The van der Waals surface area contributed by atoms with Gasteiger partial charge in [-0.15, -0.1) is 0 Å². The van der Waals surface area contributed by atoms with Crippen molar-refractivity contribution in [3.05, 3.63) is 63.7 Å². The first-order valence-electron chi connectivity index (χ1n) is 7.40.